The molecule has 1 aliphatic rings. The second kappa shape index (κ2) is 10.3. The van der Waals surface area contributed by atoms with E-state index >= 15 is 0 Å². The summed E-state index contributed by atoms with van der Waals surface area (Å²) in [6, 6.07) is 16.4. The number of nitrogens with zero attached hydrogens (tertiary/aromatic N) is 4. The van der Waals surface area contributed by atoms with E-state index in [0.717, 1.165) is 58.8 Å². The first-order valence-corrected chi connectivity index (χ1v) is 13.4. The third kappa shape index (κ3) is 4.89. The molecule has 4 heterocycles. The number of benzene rings is 1. The molecule has 0 unspecified atom stereocenters. The Balaban J connectivity index is 1.34. The molecule has 1 fully saturated rings. The maximum atomic E-state index is 13.2. The molecular formula is C26H28N4O2S2. The fraction of sp³-hybridized carbons (Fsp3) is 0.346. The molecule has 6 nitrogen and oxygen atoms in total. The van der Waals surface area contributed by atoms with Gasteiger partial charge < -0.3 is 9.30 Å². The Morgan fingerprint density at radius 1 is 1.15 bits per heavy atom. The lowest BCUT2D eigenvalue weighted by Gasteiger charge is -2.14. The van der Waals surface area contributed by atoms with E-state index < -0.39 is 0 Å². The monoisotopic (exact) mass is 492 g/mol. The van der Waals surface area contributed by atoms with Crippen LogP contribution < -0.4 is 0 Å². The molecule has 5 rings (SSSR count). The van der Waals surface area contributed by atoms with Crippen LogP contribution in [-0.4, -0.2) is 43.6 Å². The number of ether oxygens (including phenoxy) is 1. The van der Waals surface area contributed by atoms with E-state index in [4.69, 9.17) is 4.74 Å². The first-order valence-electron chi connectivity index (χ1n) is 11.6. The summed E-state index contributed by atoms with van der Waals surface area (Å²) in [5, 5.41) is 11.7. The highest BCUT2D eigenvalue weighted by Crippen LogP contribution is 2.29. The number of Topliss-reactive ketones (excluding diaryl/α,β-unsaturated/α-hetero) is 1. The Labute approximate surface area is 208 Å². The zero-order valence-corrected chi connectivity index (χ0v) is 21.1. The lowest BCUT2D eigenvalue weighted by molar-refractivity contribution is 0.0957. The minimum absolute atomic E-state index is 0.114. The van der Waals surface area contributed by atoms with E-state index in [9.17, 15) is 4.79 Å². The largest absolute Gasteiger partial charge is 0.376 e. The van der Waals surface area contributed by atoms with Gasteiger partial charge in [-0.25, -0.2) is 0 Å². The van der Waals surface area contributed by atoms with Crippen molar-refractivity contribution in [2.24, 2.45) is 0 Å². The molecule has 0 radical (unpaired) electrons. The molecule has 0 N–H and O–H groups in total. The van der Waals surface area contributed by atoms with Crippen molar-refractivity contribution in [3.63, 3.8) is 0 Å². The number of hydrogen-bond donors (Lipinski definition) is 0. The number of thioether (sulfide) groups is 1. The van der Waals surface area contributed by atoms with Crippen LogP contribution in [0.25, 0.3) is 10.7 Å². The highest BCUT2D eigenvalue weighted by Gasteiger charge is 2.22. The number of hydrogen-bond acceptors (Lipinski definition) is 6. The molecule has 0 saturated carbocycles. The normalized spacial score (nSPS) is 15.8. The van der Waals surface area contributed by atoms with Gasteiger partial charge in [0.15, 0.2) is 16.8 Å². The number of aryl methyl sites for hydroxylation is 1. The smallest absolute Gasteiger partial charge is 0.192 e. The van der Waals surface area contributed by atoms with Crippen LogP contribution >= 0.6 is 23.1 Å². The quantitative estimate of drug-likeness (QED) is 0.224. The molecule has 0 spiro atoms. The molecule has 4 aromatic rings. The van der Waals surface area contributed by atoms with Crippen molar-refractivity contribution in [1.29, 1.82) is 0 Å². The van der Waals surface area contributed by atoms with Crippen LogP contribution in [0, 0.1) is 13.8 Å². The molecule has 3 aromatic heterocycles. The zero-order valence-electron chi connectivity index (χ0n) is 19.4. The Hall–Kier alpha value is -2.68. The van der Waals surface area contributed by atoms with Crippen molar-refractivity contribution >= 4 is 28.9 Å². The van der Waals surface area contributed by atoms with Crippen LogP contribution in [-0.2, 0) is 17.8 Å². The van der Waals surface area contributed by atoms with Crippen molar-refractivity contribution in [1.82, 2.24) is 19.3 Å². The van der Waals surface area contributed by atoms with Crippen LogP contribution in [0.15, 0.2) is 59.1 Å². The highest BCUT2D eigenvalue weighted by atomic mass is 32.2. The summed E-state index contributed by atoms with van der Waals surface area (Å²) in [6.45, 7) is 6.41. The van der Waals surface area contributed by atoms with Gasteiger partial charge in [-0.15, -0.1) is 21.5 Å². The molecular weight excluding hydrogens is 464 g/mol. The number of carbonyl (C=O) groups excluding carboxylic acids is 1. The predicted molar refractivity (Wildman–Crippen MR) is 137 cm³/mol. The Morgan fingerprint density at radius 2 is 2.00 bits per heavy atom. The lowest BCUT2D eigenvalue weighted by Crippen LogP contribution is -2.17. The molecule has 1 aliphatic heterocycles. The number of thiophene rings is 1. The Bertz CT molecular complexity index is 1260. The van der Waals surface area contributed by atoms with Crippen LogP contribution in [0.3, 0.4) is 0 Å². The van der Waals surface area contributed by atoms with Crippen LogP contribution in [0.4, 0.5) is 0 Å². The van der Waals surface area contributed by atoms with Crippen LogP contribution in [0.2, 0.25) is 0 Å². The fourth-order valence-electron chi connectivity index (χ4n) is 4.46. The zero-order chi connectivity index (χ0) is 23.5. The first-order chi connectivity index (χ1) is 16.6. The van der Waals surface area contributed by atoms with Crippen LogP contribution in [0.5, 0.6) is 0 Å². The average Bonchev–Trinajstić information content (AvgIpc) is 3.64. The van der Waals surface area contributed by atoms with Crippen molar-refractivity contribution in [2.45, 2.75) is 51.0 Å². The van der Waals surface area contributed by atoms with Gasteiger partial charge in [-0.05, 0) is 49.8 Å². The molecule has 1 aromatic carbocycles. The Morgan fingerprint density at radius 3 is 2.74 bits per heavy atom. The number of carbonyl (C=O) groups is 1. The third-order valence-corrected chi connectivity index (χ3v) is 8.09. The van der Waals surface area contributed by atoms with Crippen molar-refractivity contribution in [2.75, 3.05) is 12.4 Å². The second-order valence-corrected chi connectivity index (χ2v) is 10.5. The molecule has 0 aliphatic carbocycles. The van der Waals surface area contributed by atoms with E-state index in [0.29, 0.717) is 12.3 Å². The maximum absolute atomic E-state index is 13.2. The van der Waals surface area contributed by atoms with Gasteiger partial charge in [-0.3, -0.25) is 9.36 Å². The van der Waals surface area contributed by atoms with Crippen molar-refractivity contribution in [3.05, 3.63) is 76.4 Å². The number of aromatic nitrogens is 4. The third-order valence-electron chi connectivity index (χ3n) is 6.26. The first kappa shape index (κ1) is 23.1. The topological polar surface area (TPSA) is 61.9 Å². The SMILES string of the molecule is Cc1cc(C(=O)CSc2nnc(-c3cccs3)n2Cc2ccccc2)c(C)n1C[C@@H]1CCCO1. The maximum Gasteiger partial charge on any atom is 0.192 e. The summed E-state index contributed by atoms with van der Waals surface area (Å²) < 4.78 is 10.1. The second-order valence-electron chi connectivity index (χ2n) is 8.60. The van der Waals surface area contributed by atoms with Gasteiger partial charge in [0, 0.05) is 30.1 Å². The minimum atomic E-state index is 0.114. The number of rotatable bonds is 9. The van der Waals surface area contributed by atoms with Gasteiger partial charge >= 0.3 is 0 Å². The molecule has 1 atom stereocenters. The van der Waals surface area contributed by atoms with Gasteiger partial charge in [-0.2, -0.15) is 0 Å². The predicted octanol–water partition coefficient (Wildman–Crippen LogP) is 5.63. The van der Waals surface area contributed by atoms with Gasteiger partial charge in [0.1, 0.15) is 0 Å². The highest BCUT2D eigenvalue weighted by molar-refractivity contribution is 7.99. The lowest BCUT2D eigenvalue weighted by atomic mass is 10.2. The van der Waals surface area contributed by atoms with Gasteiger partial charge in [-0.1, -0.05) is 48.2 Å². The van der Waals surface area contributed by atoms with E-state index in [1.165, 1.54) is 17.3 Å². The van der Waals surface area contributed by atoms with Crippen molar-refractivity contribution in [3.8, 4) is 10.7 Å². The minimum Gasteiger partial charge on any atom is -0.376 e. The van der Waals surface area contributed by atoms with E-state index in [-0.39, 0.29) is 11.9 Å². The van der Waals surface area contributed by atoms with Gasteiger partial charge in [0.2, 0.25) is 0 Å². The van der Waals surface area contributed by atoms with E-state index in [1.54, 1.807) is 11.3 Å². The van der Waals surface area contributed by atoms with E-state index in [1.807, 2.05) is 42.6 Å². The van der Waals surface area contributed by atoms with Crippen LogP contribution in [0.1, 0.15) is 40.2 Å². The molecule has 0 bridgehead atoms. The molecule has 34 heavy (non-hydrogen) atoms. The van der Waals surface area contributed by atoms with Crippen molar-refractivity contribution < 1.29 is 9.53 Å². The summed E-state index contributed by atoms with van der Waals surface area (Å²) in [6.07, 6.45) is 2.44. The van der Waals surface area contributed by atoms with Gasteiger partial charge in [0.25, 0.3) is 0 Å². The van der Waals surface area contributed by atoms with E-state index in [2.05, 4.69) is 44.5 Å². The summed E-state index contributed by atoms with van der Waals surface area (Å²) >= 11 is 3.10. The standard InChI is InChI=1S/C26H28N4O2S2/c1-18-14-22(19(2)29(18)16-21-10-6-12-32-21)23(31)17-34-26-28-27-25(24-11-7-13-33-24)30(26)15-20-8-4-3-5-9-20/h3-5,7-9,11,13-14,21H,6,10,12,15-17H2,1-2H3/t21-/m0/s1. The summed E-state index contributed by atoms with van der Waals surface area (Å²) in [5.74, 6) is 1.27. The summed E-state index contributed by atoms with van der Waals surface area (Å²) in [5.41, 5.74) is 4.08. The summed E-state index contributed by atoms with van der Waals surface area (Å²) in [4.78, 5) is 14.3. The van der Waals surface area contributed by atoms with Gasteiger partial charge in [0.05, 0.1) is 23.3 Å². The average molecular weight is 493 g/mol. The summed E-state index contributed by atoms with van der Waals surface area (Å²) in [7, 11) is 0. The molecule has 1 saturated heterocycles. The molecule has 0 amide bonds. The fourth-order valence-corrected chi connectivity index (χ4v) is 5.99. The Kier molecular flexibility index (Phi) is 6.99. The molecule has 176 valence electrons. The molecule has 8 heteroatoms. The number of ketones is 1.